The first kappa shape index (κ1) is 14.4. The van der Waals surface area contributed by atoms with Gasteiger partial charge in [-0.05, 0) is 18.2 Å². The molecule has 2 rings (SSSR count). The third kappa shape index (κ3) is 3.30. The number of rotatable bonds is 3. The van der Waals surface area contributed by atoms with Crippen molar-refractivity contribution in [3.8, 4) is 11.8 Å². The summed E-state index contributed by atoms with van der Waals surface area (Å²) in [5.41, 5.74) is -0.808. The van der Waals surface area contributed by atoms with Crippen LogP contribution < -0.4 is 10.1 Å². The molecule has 1 aromatic carbocycles. The second-order valence-electron chi connectivity index (χ2n) is 3.73. The second kappa shape index (κ2) is 5.54. The quantitative estimate of drug-likeness (QED) is 0.931. The van der Waals surface area contributed by atoms with Gasteiger partial charge in [0.1, 0.15) is 10.8 Å². The molecule has 0 aliphatic carbocycles. The molecule has 0 atom stereocenters. The molecule has 106 valence electrons. The van der Waals surface area contributed by atoms with Crippen molar-refractivity contribution < 1.29 is 17.9 Å². The predicted octanol–water partition coefficient (Wildman–Crippen LogP) is 3.98. The van der Waals surface area contributed by atoms with Gasteiger partial charge in [0.05, 0.1) is 11.8 Å². The Labute approximate surface area is 117 Å². The van der Waals surface area contributed by atoms with E-state index < -0.39 is 11.7 Å². The number of halogens is 4. The van der Waals surface area contributed by atoms with Gasteiger partial charge in [0, 0.05) is 7.05 Å². The summed E-state index contributed by atoms with van der Waals surface area (Å²) in [7, 11) is 1.60. The van der Waals surface area contributed by atoms with Crippen LogP contribution in [0.4, 0.5) is 19.0 Å². The Balaban J connectivity index is 2.26. The van der Waals surface area contributed by atoms with Crippen LogP contribution >= 0.6 is 11.6 Å². The second-order valence-corrected chi connectivity index (χ2v) is 4.13. The Morgan fingerprint density at radius 1 is 1.30 bits per heavy atom. The van der Waals surface area contributed by atoms with Crippen LogP contribution in [0.25, 0.3) is 0 Å². The zero-order valence-electron chi connectivity index (χ0n) is 10.2. The van der Waals surface area contributed by atoms with Crippen LogP contribution in [0.2, 0.25) is 5.02 Å². The van der Waals surface area contributed by atoms with E-state index in [4.69, 9.17) is 16.3 Å². The summed E-state index contributed by atoms with van der Waals surface area (Å²) in [5.74, 6) is 0.313. The summed E-state index contributed by atoms with van der Waals surface area (Å²) in [6.45, 7) is 0. The van der Waals surface area contributed by atoms with Gasteiger partial charge in [0.2, 0.25) is 0 Å². The van der Waals surface area contributed by atoms with Crippen molar-refractivity contribution in [3.63, 3.8) is 0 Å². The standard InChI is InChI=1S/C12H9ClF3N3O/c1-17-10-9(13)6-18-11(19-10)20-8-4-2-3-7(5-8)12(14,15)16/h2-6H,1H3,(H,17,18,19). The molecule has 0 unspecified atom stereocenters. The first-order valence-corrected chi connectivity index (χ1v) is 5.83. The molecule has 1 N–H and O–H groups in total. The molecule has 0 saturated heterocycles. The molecule has 0 saturated carbocycles. The van der Waals surface area contributed by atoms with Crippen LogP contribution in [0.3, 0.4) is 0 Å². The minimum atomic E-state index is -4.43. The van der Waals surface area contributed by atoms with E-state index in [0.29, 0.717) is 5.82 Å². The van der Waals surface area contributed by atoms with Gasteiger partial charge in [-0.25, -0.2) is 4.98 Å². The fraction of sp³-hybridized carbons (Fsp3) is 0.167. The maximum atomic E-state index is 12.6. The van der Waals surface area contributed by atoms with Crippen molar-refractivity contribution in [1.82, 2.24) is 9.97 Å². The maximum Gasteiger partial charge on any atom is 0.416 e. The van der Waals surface area contributed by atoms with Gasteiger partial charge in [-0.1, -0.05) is 17.7 Å². The molecular formula is C12H9ClF3N3O. The van der Waals surface area contributed by atoms with Crippen LogP contribution in [0, 0.1) is 0 Å². The highest BCUT2D eigenvalue weighted by Gasteiger charge is 2.30. The molecule has 2 aromatic rings. The Kier molecular flexibility index (Phi) is 3.99. The third-order valence-corrected chi connectivity index (χ3v) is 2.61. The molecule has 0 amide bonds. The maximum absolute atomic E-state index is 12.6. The summed E-state index contributed by atoms with van der Waals surface area (Å²) < 4.78 is 42.9. The Hall–Kier alpha value is -2.02. The summed E-state index contributed by atoms with van der Waals surface area (Å²) in [4.78, 5) is 7.71. The summed E-state index contributed by atoms with van der Waals surface area (Å²) in [6, 6.07) is 4.35. The van der Waals surface area contributed by atoms with Crippen molar-refractivity contribution in [2.24, 2.45) is 0 Å². The van der Waals surface area contributed by atoms with Gasteiger partial charge in [0.25, 0.3) is 0 Å². The lowest BCUT2D eigenvalue weighted by molar-refractivity contribution is -0.137. The molecule has 0 aliphatic rings. The molecule has 0 bridgehead atoms. The minimum Gasteiger partial charge on any atom is -0.424 e. The highest BCUT2D eigenvalue weighted by molar-refractivity contribution is 6.32. The van der Waals surface area contributed by atoms with E-state index in [1.165, 1.54) is 18.3 Å². The molecule has 0 fully saturated rings. The smallest absolute Gasteiger partial charge is 0.416 e. The first-order valence-electron chi connectivity index (χ1n) is 5.45. The number of alkyl halides is 3. The molecule has 0 radical (unpaired) electrons. The lowest BCUT2D eigenvalue weighted by atomic mass is 10.2. The fourth-order valence-corrected chi connectivity index (χ4v) is 1.60. The molecule has 1 heterocycles. The van der Waals surface area contributed by atoms with Crippen LogP contribution in [0.15, 0.2) is 30.5 Å². The highest BCUT2D eigenvalue weighted by Crippen LogP contribution is 2.32. The normalized spacial score (nSPS) is 11.2. The van der Waals surface area contributed by atoms with E-state index in [-0.39, 0.29) is 16.8 Å². The summed E-state index contributed by atoms with van der Waals surface area (Å²) in [5, 5.41) is 3.00. The van der Waals surface area contributed by atoms with E-state index in [2.05, 4.69) is 15.3 Å². The van der Waals surface area contributed by atoms with Crippen molar-refractivity contribution in [1.29, 1.82) is 0 Å². The highest BCUT2D eigenvalue weighted by atomic mass is 35.5. The minimum absolute atomic E-state index is 0.01000. The first-order chi connectivity index (χ1) is 9.40. The molecule has 20 heavy (non-hydrogen) atoms. The van der Waals surface area contributed by atoms with E-state index in [1.54, 1.807) is 7.05 Å². The summed E-state index contributed by atoms with van der Waals surface area (Å²) in [6.07, 6.45) is -3.14. The van der Waals surface area contributed by atoms with E-state index in [9.17, 15) is 13.2 Å². The average molecular weight is 304 g/mol. The van der Waals surface area contributed by atoms with Gasteiger partial charge in [-0.3, -0.25) is 0 Å². The van der Waals surface area contributed by atoms with Gasteiger partial charge >= 0.3 is 12.2 Å². The summed E-state index contributed by atoms with van der Waals surface area (Å²) >= 11 is 5.79. The number of hydrogen-bond donors (Lipinski definition) is 1. The van der Waals surface area contributed by atoms with E-state index >= 15 is 0 Å². The lowest BCUT2D eigenvalue weighted by Crippen LogP contribution is -2.05. The molecule has 0 spiro atoms. The van der Waals surface area contributed by atoms with Crippen molar-refractivity contribution in [3.05, 3.63) is 41.0 Å². The molecule has 8 heteroatoms. The van der Waals surface area contributed by atoms with Gasteiger partial charge in [0.15, 0.2) is 5.82 Å². The number of aromatic nitrogens is 2. The van der Waals surface area contributed by atoms with Gasteiger partial charge < -0.3 is 10.1 Å². The van der Waals surface area contributed by atoms with Gasteiger partial charge in [-0.15, -0.1) is 0 Å². The number of nitrogens with one attached hydrogen (secondary N) is 1. The van der Waals surface area contributed by atoms with Crippen molar-refractivity contribution >= 4 is 17.4 Å². The van der Waals surface area contributed by atoms with Crippen molar-refractivity contribution in [2.75, 3.05) is 12.4 Å². The van der Waals surface area contributed by atoms with E-state index in [1.807, 2.05) is 0 Å². The van der Waals surface area contributed by atoms with Crippen LogP contribution in [-0.2, 0) is 6.18 Å². The van der Waals surface area contributed by atoms with Crippen LogP contribution in [0.1, 0.15) is 5.56 Å². The van der Waals surface area contributed by atoms with E-state index in [0.717, 1.165) is 12.1 Å². The topological polar surface area (TPSA) is 47.0 Å². The largest absolute Gasteiger partial charge is 0.424 e. The molecule has 1 aromatic heterocycles. The SMILES string of the molecule is CNc1nc(Oc2cccc(C(F)(F)F)c2)ncc1Cl. The average Bonchev–Trinajstić information content (AvgIpc) is 2.40. The number of nitrogens with zero attached hydrogens (tertiary/aromatic N) is 2. The number of hydrogen-bond acceptors (Lipinski definition) is 4. The van der Waals surface area contributed by atoms with Crippen LogP contribution in [-0.4, -0.2) is 17.0 Å². The van der Waals surface area contributed by atoms with Crippen LogP contribution in [0.5, 0.6) is 11.8 Å². The number of ether oxygens (including phenoxy) is 1. The zero-order chi connectivity index (χ0) is 14.8. The number of anilines is 1. The lowest BCUT2D eigenvalue weighted by Gasteiger charge is -2.09. The monoisotopic (exact) mass is 303 g/mol. The molecule has 0 aliphatic heterocycles. The van der Waals surface area contributed by atoms with Gasteiger partial charge in [-0.2, -0.15) is 18.2 Å². The molecular weight excluding hydrogens is 295 g/mol. The molecule has 4 nitrogen and oxygen atoms in total. The number of benzene rings is 1. The Morgan fingerprint density at radius 2 is 2.05 bits per heavy atom. The Morgan fingerprint density at radius 3 is 2.70 bits per heavy atom. The predicted molar refractivity (Wildman–Crippen MR) is 68.1 cm³/mol. The zero-order valence-corrected chi connectivity index (χ0v) is 11.0. The third-order valence-electron chi connectivity index (χ3n) is 2.33. The Bertz CT molecular complexity index is 619. The fourth-order valence-electron chi connectivity index (χ4n) is 1.42. The van der Waals surface area contributed by atoms with Crippen molar-refractivity contribution in [2.45, 2.75) is 6.18 Å².